The van der Waals surface area contributed by atoms with E-state index < -0.39 is 5.91 Å². The van der Waals surface area contributed by atoms with Gasteiger partial charge in [0.25, 0.3) is 5.91 Å². The van der Waals surface area contributed by atoms with Gasteiger partial charge in [-0.1, -0.05) is 18.2 Å². The molecule has 2 N–H and O–H groups in total. The van der Waals surface area contributed by atoms with Crippen molar-refractivity contribution in [2.45, 2.75) is 6.92 Å². The molecule has 0 aliphatic rings. The van der Waals surface area contributed by atoms with Crippen LogP contribution in [0.25, 0.3) is 0 Å². The number of nitrogens with one attached hydrogen (secondary N) is 1. The van der Waals surface area contributed by atoms with Crippen LogP contribution in [0.2, 0.25) is 0 Å². The minimum Gasteiger partial charge on any atom is -0.507 e. The molecule has 0 aliphatic carbocycles. The van der Waals surface area contributed by atoms with Crippen LogP contribution in [-0.4, -0.2) is 11.0 Å². The first-order valence-electron chi connectivity index (χ1n) is 5.72. The molecular formula is C15H12N2O2. The summed E-state index contributed by atoms with van der Waals surface area (Å²) in [4.78, 5) is 12.0. The number of rotatable bonds is 2. The maximum atomic E-state index is 12.0. The lowest BCUT2D eigenvalue weighted by Gasteiger charge is -2.09. The van der Waals surface area contributed by atoms with Crippen molar-refractivity contribution in [1.82, 2.24) is 0 Å². The van der Waals surface area contributed by atoms with E-state index >= 15 is 0 Å². The molecule has 0 heterocycles. The fourth-order valence-electron chi connectivity index (χ4n) is 1.68. The Morgan fingerprint density at radius 1 is 1.26 bits per heavy atom. The lowest BCUT2D eigenvalue weighted by Crippen LogP contribution is -2.13. The molecular weight excluding hydrogens is 240 g/mol. The number of nitrogens with zero attached hydrogens (tertiary/aromatic N) is 1. The van der Waals surface area contributed by atoms with Gasteiger partial charge in [-0.25, -0.2) is 0 Å². The molecule has 2 aromatic carbocycles. The van der Waals surface area contributed by atoms with Gasteiger partial charge in [-0.15, -0.1) is 0 Å². The Morgan fingerprint density at radius 3 is 2.68 bits per heavy atom. The molecule has 0 unspecified atom stereocenters. The third kappa shape index (κ3) is 2.72. The highest BCUT2D eigenvalue weighted by molar-refractivity contribution is 6.06. The Balaban J connectivity index is 2.30. The Kier molecular flexibility index (Phi) is 3.48. The number of phenols is 1. The quantitative estimate of drug-likeness (QED) is 0.863. The standard InChI is InChI=1S/C15H12N2O2/c1-10-6-7-11(9-16)8-13(10)17-15(19)12-4-2-3-5-14(12)18/h2-8,18H,1H3,(H,17,19). The van der Waals surface area contributed by atoms with Gasteiger partial charge in [-0.3, -0.25) is 4.79 Å². The summed E-state index contributed by atoms with van der Waals surface area (Å²) in [5, 5.41) is 21.2. The lowest BCUT2D eigenvalue weighted by molar-refractivity contribution is 0.102. The van der Waals surface area contributed by atoms with Crippen molar-refractivity contribution in [3.05, 3.63) is 59.2 Å². The number of aryl methyl sites for hydroxylation is 1. The summed E-state index contributed by atoms with van der Waals surface area (Å²) in [6.45, 7) is 1.83. The highest BCUT2D eigenvalue weighted by Gasteiger charge is 2.11. The van der Waals surface area contributed by atoms with Crippen molar-refractivity contribution in [1.29, 1.82) is 5.26 Å². The van der Waals surface area contributed by atoms with Crippen LogP contribution in [-0.2, 0) is 0 Å². The van der Waals surface area contributed by atoms with Crippen molar-refractivity contribution in [3.63, 3.8) is 0 Å². The number of hydrogen-bond donors (Lipinski definition) is 2. The fourth-order valence-corrected chi connectivity index (χ4v) is 1.68. The van der Waals surface area contributed by atoms with Crippen LogP contribution < -0.4 is 5.32 Å². The fraction of sp³-hybridized carbons (Fsp3) is 0.0667. The van der Waals surface area contributed by atoms with Crippen LogP contribution in [0.5, 0.6) is 5.75 Å². The second-order valence-electron chi connectivity index (χ2n) is 4.11. The molecule has 0 fully saturated rings. The summed E-state index contributed by atoms with van der Waals surface area (Å²) in [5.41, 5.74) is 2.08. The third-order valence-corrected chi connectivity index (χ3v) is 2.76. The largest absolute Gasteiger partial charge is 0.507 e. The number of anilines is 1. The summed E-state index contributed by atoms with van der Waals surface area (Å²) >= 11 is 0. The van der Waals surface area contributed by atoms with Crippen LogP contribution in [0.4, 0.5) is 5.69 Å². The zero-order valence-electron chi connectivity index (χ0n) is 10.3. The molecule has 0 radical (unpaired) electrons. The van der Waals surface area contributed by atoms with E-state index in [4.69, 9.17) is 5.26 Å². The average molecular weight is 252 g/mol. The normalized spacial score (nSPS) is 9.68. The van der Waals surface area contributed by atoms with Gasteiger partial charge in [0.05, 0.1) is 17.2 Å². The molecule has 1 amide bonds. The monoisotopic (exact) mass is 252 g/mol. The number of benzene rings is 2. The van der Waals surface area contributed by atoms with E-state index in [2.05, 4.69) is 5.32 Å². The van der Waals surface area contributed by atoms with E-state index in [0.29, 0.717) is 11.3 Å². The van der Waals surface area contributed by atoms with Crippen LogP contribution in [0, 0.1) is 18.3 Å². The number of para-hydroxylation sites is 1. The van der Waals surface area contributed by atoms with Crippen LogP contribution in [0.15, 0.2) is 42.5 Å². The number of nitriles is 1. The minimum atomic E-state index is -0.406. The van der Waals surface area contributed by atoms with E-state index in [1.165, 1.54) is 12.1 Å². The summed E-state index contributed by atoms with van der Waals surface area (Å²) in [7, 11) is 0. The number of hydrogen-bond acceptors (Lipinski definition) is 3. The van der Waals surface area contributed by atoms with Gasteiger partial charge in [0.2, 0.25) is 0 Å². The molecule has 0 spiro atoms. The highest BCUT2D eigenvalue weighted by atomic mass is 16.3. The van der Waals surface area contributed by atoms with Gasteiger partial charge in [-0.05, 0) is 36.8 Å². The van der Waals surface area contributed by atoms with Crippen LogP contribution in [0.1, 0.15) is 21.5 Å². The van der Waals surface area contributed by atoms with Crippen molar-refractivity contribution < 1.29 is 9.90 Å². The first-order chi connectivity index (χ1) is 9.11. The van der Waals surface area contributed by atoms with Crippen molar-refractivity contribution >= 4 is 11.6 Å². The van der Waals surface area contributed by atoms with Crippen LogP contribution >= 0.6 is 0 Å². The summed E-state index contributed by atoms with van der Waals surface area (Å²) in [6, 6.07) is 13.4. The van der Waals surface area contributed by atoms with Gasteiger partial charge in [0.1, 0.15) is 5.75 Å². The predicted octanol–water partition coefficient (Wildman–Crippen LogP) is 2.82. The molecule has 19 heavy (non-hydrogen) atoms. The third-order valence-electron chi connectivity index (χ3n) is 2.76. The average Bonchev–Trinajstić information content (AvgIpc) is 2.41. The molecule has 4 heteroatoms. The maximum Gasteiger partial charge on any atom is 0.259 e. The van der Waals surface area contributed by atoms with E-state index in [-0.39, 0.29) is 11.3 Å². The molecule has 94 valence electrons. The summed E-state index contributed by atoms with van der Waals surface area (Å²) in [6.07, 6.45) is 0. The smallest absolute Gasteiger partial charge is 0.259 e. The Hall–Kier alpha value is -2.80. The molecule has 0 bridgehead atoms. The second-order valence-corrected chi connectivity index (χ2v) is 4.11. The van der Waals surface area contributed by atoms with Crippen molar-refractivity contribution in [3.8, 4) is 11.8 Å². The molecule has 0 saturated heterocycles. The number of amides is 1. The number of phenolic OH excluding ortho intramolecular Hbond substituents is 1. The van der Waals surface area contributed by atoms with Crippen molar-refractivity contribution in [2.75, 3.05) is 5.32 Å². The SMILES string of the molecule is Cc1ccc(C#N)cc1NC(=O)c1ccccc1O. The van der Waals surface area contributed by atoms with Gasteiger partial charge in [0.15, 0.2) is 0 Å². The molecule has 0 atom stereocenters. The van der Waals surface area contributed by atoms with Crippen molar-refractivity contribution in [2.24, 2.45) is 0 Å². The van der Waals surface area contributed by atoms with Gasteiger partial charge >= 0.3 is 0 Å². The molecule has 2 aromatic rings. The number of carbonyl (C=O) groups is 1. The van der Waals surface area contributed by atoms with E-state index in [1.54, 1.807) is 30.3 Å². The van der Waals surface area contributed by atoms with E-state index in [9.17, 15) is 9.90 Å². The first-order valence-corrected chi connectivity index (χ1v) is 5.72. The predicted molar refractivity (Wildman–Crippen MR) is 72.0 cm³/mol. The Bertz CT molecular complexity index is 672. The van der Waals surface area contributed by atoms with E-state index in [1.807, 2.05) is 13.0 Å². The van der Waals surface area contributed by atoms with Gasteiger partial charge < -0.3 is 10.4 Å². The molecule has 4 nitrogen and oxygen atoms in total. The highest BCUT2D eigenvalue weighted by Crippen LogP contribution is 2.20. The van der Waals surface area contributed by atoms with Gasteiger partial charge in [-0.2, -0.15) is 5.26 Å². The van der Waals surface area contributed by atoms with Gasteiger partial charge in [0, 0.05) is 5.69 Å². The zero-order valence-corrected chi connectivity index (χ0v) is 10.3. The number of carbonyl (C=O) groups excluding carboxylic acids is 1. The molecule has 0 saturated carbocycles. The molecule has 2 rings (SSSR count). The second kappa shape index (κ2) is 5.23. The first kappa shape index (κ1) is 12.7. The lowest BCUT2D eigenvalue weighted by atomic mass is 10.1. The minimum absolute atomic E-state index is 0.0749. The topological polar surface area (TPSA) is 73.1 Å². The molecule has 0 aromatic heterocycles. The Labute approximate surface area is 110 Å². The maximum absolute atomic E-state index is 12.0. The zero-order chi connectivity index (χ0) is 13.8. The summed E-state index contributed by atoms with van der Waals surface area (Å²) in [5.74, 6) is -0.481. The van der Waals surface area contributed by atoms with E-state index in [0.717, 1.165) is 5.56 Å². The molecule has 0 aliphatic heterocycles. The summed E-state index contributed by atoms with van der Waals surface area (Å²) < 4.78 is 0. The Morgan fingerprint density at radius 2 is 2.00 bits per heavy atom. The van der Waals surface area contributed by atoms with Crippen LogP contribution in [0.3, 0.4) is 0 Å². The number of aromatic hydroxyl groups is 1.